The molecule has 0 spiro atoms. The van der Waals surface area contributed by atoms with Gasteiger partial charge in [-0.05, 0) is 39.7 Å². The van der Waals surface area contributed by atoms with Crippen molar-refractivity contribution < 1.29 is 18.7 Å². The van der Waals surface area contributed by atoms with Crippen LogP contribution >= 0.6 is 0 Å². The van der Waals surface area contributed by atoms with Crippen LogP contribution < -0.4 is 5.32 Å². The Labute approximate surface area is 112 Å². The molecule has 1 aromatic rings. The van der Waals surface area contributed by atoms with Gasteiger partial charge in [0, 0.05) is 5.92 Å². The van der Waals surface area contributed by atoms with Crippen molar-refractivity contribution in [2.24, 2.45) is 0 Å². The fraction of sp³-hybridized carbons (Fsp3) is 0.571. The molecule has 1 aromatic heterocycles. The molecule has 5 nitrogen and oxygen atoms in total. The molecule has 1 saturated carbocycles. The van der Waals surface area contributed by atoms with E-state index in [1.807, 2.05) is 0 Å². The minimum absolute atomic E-state index is 0.297. The van der Waals surface area contributed by atoms with Gasteiger partial charge in [-0.2, -0.15) is 0 Å². The minimum atomic E-state index is -0.661. The first-order valence-corrected chi connectivity index (χ1v) is 6.60. The Hall–Kier alpha value is -1.78. The summed E-state index contributed by atoms with van der Waals surface area (Å²) in [5, 5.41) is 2.62. The lowest BCUT2D eigenvalue weighted by Gasteiger charge is -2.11. The molecular formula is C14H19NO4. The number of aryl methyl sites for hydroxylation is 1. The molecule has 1 N–H and O–H groups in total. The summed E-state index contributed by atoms with van der Waals surface area (Å²) in [6.45, 7) is 5.40. The topological polar surface area (TPSA) is 68.5 Å². The number of hydrogen-bond donors (Lipinski definition) is 1. The van der Waals surface area contributed by atoms with Crippen LogP contribution in [0.15, 0.2) is 10.5 Å². The number of carbonyl (C=O) groups excluding carboxylic acids is 2. The fourth-order valence-corrected chi connectivity index (χ4v) is 1.90. The van der Waals surface area contributed by atoms with E-state index in [4.69, 9.17) is 9.15 Å². The van der Waals surface area contributed by atoms with Gasteiger partial charge in [0.25, 0.3) is 5.91 Å². The van der Waals surface area contributed by atoms with Gasteiger partial charge in [-0.15, -0.1) is 0 Å². The number of amides is 1. The number of esters is 1. The standard InChI is InChI=1S/C14H19NO4/c1-4-18-14(17)8(2)15-13(16)11-7-12(10-5-6-10)19-9(11)3/h7-8,10H,4-6H2,1-3H3,(H,15,16)/t8-/m1/s1. The minimum Gasteiger partial charge on any atom is -0.465 e. The summed E-state index contributed by atoms with van der Waals surface area (Å²) in [5.74, 6) is 1.19. The molecule has 104 valence electrons. The molecule has 0 aromatic carbocycles. The summed E-state index contributed by atoms with van der Waals surface area (Å²) in [4.78, 5) is 23.5. The van der Waals surface area contributed by atoms with Crippen LogP contribution in [0.25, 0.3) is 0 Å². The Morgan fingerprint density at radius 1 is 1.53 bits per heavy atom. The van der Waals surface area contributed by atoms with Crippen LogP contribution in [0.1, 0.15) is 54.5 Å². The molecule has 1 heterocycles. The van der Waals surface area contributed by atoms with Crippen LogP contribution in [0.3, 0.4) is 0 Å². The smallest absolute Gasteiger partial charge is 0.328 e. The molecule has 0 saturated heterocycles. The number of carbonyl (C=O) groups is 2. The third kappa shape index (κ3) is 3.16. The van der Waals surface area contributed by atoms with Gasteiger partial charge in [0.05, 0.1) is 12.2 Å². The van der Waals surface area contributed by atoms with E-state index in [0.717, 1.165) is 18.6 Å². The highest BCUT2D eigenvalue weighted by Gasteiger charge is 2.29. The Balaban J connectivity index is 2.01. The van der Waals surface area contributed by atoms with Gasteiger partial charge in [-0.3, -0.25) is 4.79 Å². The van der Waals surface area contributed by atoms with Crippen LogP contribution in [-0.2, 0) is 9.53 Å². The van der Waals surface area contributed by atoms with Gasteiger partial charge in [-0.1, -0.05) is 0 Å². The van der Waals surface area contributed by atoms with Gasteiger partial charge < -0.3 is 14.5 Å². The third-order valence-corrected chi connectivity index (χ3v) is 3.15. The lowest BCUT2D eigenvalue weighted by atomic mass is 10.2. The van der Waals surface area contributed by atoms with Crippen molar-refractivity contribution in [3.05, 3.63) is 23.2 Å². The van der Waals surface area contributed by atoms with Crippen molar-refractivity contribution >= 4 is 11.9 Å². The Kier molecular flexibility index (Phi) is 3.93. The lowest BCUT2D eigenvalue weighted by Crippen LogP contribution is -2.39. The maximum Gasteiger partial charge on any atom is 0.328 e. The summed E-state index contributed by atoms with van der Waals surface area (Å²) < 4.78 is 10.4. The summed E-state index contributed by atoms with van der Waals surface area (Å²) in [7, 11) is 0. The van der Waals surface area contributed by atoms with E-state index < -0.39 is 12.0 Å². The van der Waals surface area contributed by atoms with E-state index in [1.54, 1.807) is 26.8 Å². The summed E-state index contributed by atoms with van der Waals surface area (Å²) in [5.41, 5.74) is 0.498. The van der Waals surface area contributed by atoms with Gasteiger partial charge in [0.2, 0.25) is 0 Å². The van der Waals surface area contributed by atoms with Crippen molar-refractivity contribution in [2.45, 2.75) is 45.6 Å². The number of hydrogen-bond acceptors (Lipinski definition) is 4. The van der Waals surface area contributed by atoms with E-state index in [2.05, 4.69) is 5.32 Å². The molecule has 2 rings (SSSR count). The van der Waals surface area contributed by atoms with E-state index in [1.165, 1.54) is 0 Å². The van der Waals surface area contributed by atoms with E-state index in [0.29, 0.717) is 23.8 Å². The van der Waals surface area contributed by atoms with Crippen LogP contribution in [0, 0.1) is 6.92 Å². The SMILES string of the molecule is CCOC(=O)[C@@H](C)NC(=O)c1cc(C2CC2)oc1C. The van der Waals surface area contributed by atoms with Crippen molar-refractivity contribution in [1.29, 1.82) is 0 Å². The van der Waals surface area contributed by atoms with Crippen LogP contribution in [0.2, 0.25) is 0 Å². The van der Waals surface area contributed by atoms with Crippen molar-refractivity contribution in [3.8, 4) is 0 Å². The first-order valence-electron chi connectivity index (χ1n) is 6.60. The maximum absolute atomic E-state index is 12.1. The normalized spacial score (nSPS) is 15.9. The van der Waals surface area contributed by atoms with Gasteiger partial charge in [-0.25, -0.2) is 4.79 Å². The molecule has 5 heteroatoms. The van der Waals surface area contributed by atoms with Crippen molar-refractivity contribution in [3.63, 3.8) is 0 Å². The molecule has 1 atom stereocenters. The van der Waals surface area contributed by atoms with Crippen LogP contribution in [0.5, 0.6) is 0 Å². The molecule has 1 fully saturated rings. The van der Waals surface area contributed by atoms with Gasteiger partial charge >= 0.3 is 5.97 Å². The summed E-state index contributed by atoms with van der Waals surface area (Å²) in [6, 6.07) is 1.12. The monoisotopic (exact) mass is 265 g/mol. The predicted molar refractivity (Wildman–Crippen MR) is 69.0 cm³/mol. The fourth-order valence-electron chi connectivity index (χ4n) is 1.90. The first-order chi connectivity index (χ1) is 9.02. The van der Waals surface area contributed by atoms with Gasteiger partial charge in [0.15, 0.2) is 0 Å². The molecule has 1 aliphatic carbocycles. The molecular weight excluding hydrogens is 246 g/mol. The number of rotatable bonds is 5. The zero-order valence-corrected chi connectivity index (χ0v) is 11.5. The third-order valence-electron chi connectivity index (χ3n) is 3.15. The Morgan fingerprint density at radius 3 is 2.79 bits per heavy atom. The molecule has 0 bridgehead atoms. The van der Waals surface area contributed by atoms with Crippen LogP contribution in [0.4, 0.5) is 0 Å². The number of nitrogens with one attached hydrogen (secondary N) is 1. The first kappa shape index (κ1) is 13.6. The number of ether oxygens (including phenoxy) is 1. The highest BCUT2D eigenvalue weighted by molar-refractivity contribution is 5.97. The highest BCUT2D eigenvalue weighted by Crippen LogP contribution is 2.41. The van der Waals surface area contributed by atoms with E-state index in [9.17, 15) is 9.59 Å². The molecule has 0 radical (unpaired) electrons. The second-order valence-electron chi connectivity index (χ2n) is 4.84. The molecule has 19 heavy (non-hydrogen) atoms. The average Bonchev–Trinajstić information content (AvgIpc) is 3.13. The summed E-state index contributed by atoms with van der Waals surface area (Å²) in [6.07, 6.45) is 2.24. The maximum atomic E-state index is 12.1. The predicted octanol–water partition coefficient (Wildman–Crippen LogP) is 2.15. The zero-order valence-electron chi connectivity index (χ0n) is 11.5. The lowest BCUT2D eigenvalue weighted by molar-refractivity contribution is -0.144. The molecule has 1 aliphatic rings. The summed E-state index contributed by atoms with van der Waals surface area (Å²) >= 11 is 0. The van der Waals surface area contributed by atoms with E-state index >= 15 is 0 Å². The molecule has 1 amide bonds. The van der Waals surface area contributed by atoms with E-state index in [-0.39, 0.29) is 5.91 Å². The van der Waals surface area contributed by atoms with Crippen LogP contribution in [-0.4, -0.2) is 24.5 Å². The second kappa shape index (κ2) is 5.47. The van der Waals surface area contributed by atoms with Crippen molar-refractivity contribution in [1.82, 2.24) is 5.32 Å². The number of furan rings is 1. The quantitative estimate of drug-likeness (QED) is 0.828. The largest absolute Gasteiger partial charge is 0.465 e. The zero-order chi connectivity index (χ0) is 14.0. The average molecular weight is 265 g/mol. The molecule has 0 unspecified atom stereocenters. The highest BCUT2D eigenvalue weighted by atomic mass is 16.5. The van der Waals surface area contributed by atoms with Crippen molar-refractivity contribution in [2.75, 3.05) is 6.61 Å². The second-order valence-corrected chi connectivity index (χ2v) is 4.84. The van der Waals surface area contributed by atoms with Gasteiger partial charge in [0.1, 0.15) is 17.6 Å². The Bertz CT molecular complexity index is 488. The Morgan fingerprint density at radius 2 is 2.21 bits per heavy atom. The molecule has 0 aliphatic heterocycles.